The number of piperazine rings is 1. The van der Waals surface area contributed by atoms with Gasteiger partial charge in [-0.25, -0.2) is 8.78 Å². The fourth-order valence-corrected chi connectivity index (χ4v) is 6.46. The van der Waals surface area contributed by atoms with Crippen LogP contribution in [-0.2, 0) is 11.4 Å². The maximum atomic E-state index is 14.0. The second kappa shape index (κ2) is 10.6. The van der Waals surface area contributed by atoms with Crippen molar-refractivity contribution in [2.24, 2.45) is 0 Å². The van der Waals surface area contributed by atoms with E-state index in [1.54, 1.807) is 12.1 Å². The van der Waals surface area contributed by atoms with Crippen LogP contribution in [-0.4, -0.2) is 69.6 Å². The Kier molecular flexibility index (Phi) is 8.47. The molecule has 1 heterocycles. The quantitative estimate of drug-likeness (QED) is 0.579. The molecule has 1 unspecified atom stereocenters. The maximum Gasteiger partial charge on any atom is 0.251 e. The van der Waals surface area contributed by atoms with Crippen LogP contribution in [0.5, 0.6) is 0 Å². The molecule has 9 heteroatoms. The number of benzene rings is 1. The van der Waals surface area contributed by atoms with Crippen LogP contribution in [0.3, 0.4) is 0 Å². The summed E-state index contributed by atoms with van der Waals surface area (Å²) in [7, 11) is 0. The molecule has 32 heavy (non-hydrogen) atoms. The number of carbonyl (C=O) groups excluding carboxylic acids is 1. The summed E-state index contributed by atoms with van der Waals surface area (Å²) < 4.78 is 42.4. The largest absolute Gasteiger partial charge is 0.598 e. The van der Waals surface area contributed by atoms with Crippen LogP contribution in [0.25, 0.3) is 0 Å². The second-order valence-corrected chi connectivity index (χ2v) is 11.1. The molecule has 3 rings (SSSR count). The van der Waals surface area contributed by atoms with Gasteiger partial charge in [0.15, 0.2) is 0 Å². The number of hydrogen-bond donors (Lipinski definition) is 1. The van der Waals surface area contributed by atoms with Crippen LogP contribution in [0.1, 0.15) is 60.5 Å². The lowest BCUT2D eigenvalue weighted by atomic mass is 9.78. The molecular formula is C23H34ClF2N3O2S. The molecule has 0 spiro atoms. The van der Waals surface area contributed by atoms with Crippen LogP contribution in [0.4, 0.5) is 8.78 Å². The first-order valence-electron chi connectivity index (χ1n) is 11.4. The summed E-state index contributed by atoms with van der Waals surface area (Å²) in [4.78, 5) is 15.3. The van der Waals surface area contributed by atoms with Gasteiger partial charge in [-0.3, -0.25) is 9.69 Å². The number of aryl methyl sites for hydroxylation is 2. The number of amides is 1. The number of hydrogen-bond acceptors (Lipinski definition) is 4. The van der Waals surface area contributed by atoms with Gasteiger partial charge >= 0.3 is 0 Å². The van der Waals surface area contributed by atoms with Crippen molar-refractivity contribution in [2.45, 2.75) is 64.3 Å². The molecule has 5 nitrogen and oxygen atoms in total. The topological polar surface area (TPSA) is 58.6 Å². The Morgan fingerprint density at radius 2 is 1.69 bits per heavy atom. The predicted octanol–water partition coefficient (Wildman–Crippen LogP) is 4.33. The van der Waals surface area contributed by atoms with Crippen molar-refractivity contribution in [3.63, 3.8) is 0 Å². The van der Waals surface area contributed by atoms with Gasteiger partial charge < -0.3 is 9.87 Å². The molecule has 1 aromatic rings. The molecule has 180 valence electrons. The first kappa shape index (κ1) is 25.7. The Bertz CT molecular complexity index is 785. The number of nitrogens with one attached hydrogen (secondary N) is 1. The van der Waals surface area contributed by atoms with Crippen LogP contribution in [0.2, 0.25) is 5.02 Å². The molecular weight excluding hydrogens is 456 g/mol. The Morgan fingerprint density at radius 3 is 2.22 bits per heavy atom. The third-order valence-electron chi connectivity index (χ3n) is 6.79. The highest BCUT2D eigenvalue weighted by molar-refractivity contribution is 7.89. The van der Waals surface area contributed by atoms with E-state index in [9.17, 15) is 18.1 Å². The van der Waals surface area contributed by atoms with Crippen molar-refractivity contribution < 1.29 is 18.1 Å². The molecule has 1 amide bonds. The lowest BCUT2D eigenvalue weighted by Gasteiger charge is -2.50. The average molecular weight is 490 g/mol. The predicted molar refractivity (Wildman–Crippen MR) is 126 cm³/mol. The van der Waals surface area contributed by atoms with Gasteiger partial charge in [0.2, 0.25) is 5.92 Å². The van der Waals surface area contributed by atoms with Crippen molar-refractivity contribution in [3.05, 3.63) is 33.8 Å². The highest BCUT2D eigenvalue weighted by atomic mass is 35.5. The van der Waals surface area contributed by atoms with E-state index in [2.05, 4.69) is 10.2 Å². The van der Waals surface area contributed by atoms with E-state index in [0.717, 1.165) is 17.5 Å². The fraction of sp³-hybridized carbons (Fsp3) is 0.696. The number of nitrogens with zero attached hydrogens (tertiary/aromatic N) is 2. The van der Waals surface area contributed by atoms with Gasteiger partial charge in [-0.1, -0.05) is 18.5 Å². The zero-order chi connectivity index (χ0) is 23.5. The minimum atomic E-state index is -2.65. The summed E-state index contributed by atoms with van der Waals surface area (Å²) in [6.07, 6.45) is 1.17. The van der Waals surface area contributed by atoms with Crippen molar-refractivity contribution in [3.8, 4) is 0 Å². The monoisotopic (exact) mass is 489 g/mol. The molecule has 0 radical (unpaired) electrons. The first-order chi connectivity index (χ1) is 15.1. The fourth-order valence-electron chi connectivity index (χ4n) is 4.96. The third-order valence-corrected chi connectivity index (χ3v) is 8.71. The first-order valence-corrected chi connectivity index (χ1v) is 13.0. The third kappa shape index (κ3) is 5.95. The SMILES string of the molecule is CCC[S+]([O-])N1CCN(C2(CNC(=O)c3c(C)cc(Cl)cc3C)CCC(F)(F)CC2)CC1. The molecule has 1 aromatic carbocycles. The van der Waals surface area contributed by atoms with Gasteiger partial charge in [-0.05, 0) is 56.4 Å². The van der Waals surface area contributed by atoms with Gasteiger partial charge in [0.05, 0.1) is 13.1 Å². The van der Waals surface area contributed by atoms with Crippen LogP contribution in [0, 0.1) is 13.8 Å². The molecule has 1 aliphatic carbocycles. The van der Waals surface area contributed by atoms with Gasteiger partial charge in [0.25, 0.3) is 5.91 Å². The number of halogens is 3. The summed E-state index contributed by atoms with van der Waals surface area (Å²) in [5, 5.41) is 3.63. The lowest BCUT2D eigenvalue weighted by Crippen LogP contribution is -2.63. The highest BCUT2D eigenvalue weighted by Gasteiger charge is 2.47. The average Bonchev–Trinajstić information content (AvgIpc) is 2.73. The van der Waals surface area contributed by atoms with Crippen LogP contribution in [0.15, 0.2) is 12.1 Å². The van der Waals surface area contributed by atoms with E-state index >= 15 is 0 Å². The van der Waals surface area contributed by atoms with Gasteiger partial charge in [0, 0.05) is 60.0 Å². The molecule has 1 atom stereocenters. The molecule has 1 saturated heterocycles. The highest BCUT2D eigenvalue weighted by Crippen LogP contribution is 2.42. The van der Waals surface area contributed by atoms with E-state index in [0.29, 0.717) is 61.9 Å². The Hall–Kier alpha value is -0.930. The van der Waals surface area contributed by atoms with Gasteiger partial charge in [-0.2, -0.15) is 0 Å². The number of carbonyl (C=O) groups is 1. The molecule has 0 aromatic heterocycles. The molecule has 1 saturated carbocycles. The molecule has 2 fully saturated rings. The minimum absolute atomic E-state index is 0.177. The smallest absolute Gasteiger partial charge is 0.251 e. The van der Waals surface area contributed by atoms with E-state index in [1.165, 1.54) is 0 Å². The van der Waals surface area contributed by atoms with E-state index in [4.69, 9.17) is 11.6 Å². The Morgan fingerprint density at radius 1 is 1.12 bits per heavy atom. The summed E-state index contributed by atoms with van der Waals surface area (Å²) in [6, 6.07) is 3.52. The maximum absolute atomic E-state index is 14.0. The van der Waals surface area contributed by atoms with Crippen molar-refractivity contribution in [1.29, 1.82) is 0 Å². The second-order valence-electron chi connectivity index (χ2n) is 9.12. The summed E-state index contributed by atoms with van der Waals surface area (Å²) in [5.74, 6) is -2.20. The standard InChI is InChI=1S/C23H34ClF2N3O2S/c1-4-13-32(31)29-11-9-28(10-12-29)22(5-7-23(25,26)8-6-22)16-27-21(30)20-17(2)14-19(24)15-18(20)3/h14-15H,4-13,16H2,1-3H3,(H,27,30). The summed E-state index contributed by atoms with van der Waals surface area (Å²) in [6.45, 7) is 8.65. The van der Waals surface area contributed by atoms with Crippen molar-refractivity contribution in [2.75, 3.05) is 38.5 Å². The van der Waals surface area contributed by atoms with E-state index in [-0.39, 0.29) is 18.7 Å². The molecule has 2 aliphatic rings. The van der Waals surface area contributed by atoms with Crippen LogP contribution < -0.4 is 5.32 Å². The van der Waals surface area contributed by atoms with E-state index in [1.807, 2.05) is 25.1 Å². The molecule has 1 aliphatic heterocycles. The summed E-state index contributed by atoms with van der Waals surface area (Å²) >= 11 is 5.11. The zero-order valence-electron chi connectivity index (χ0n) is 19.2. The lowest BCUT2D eigenvalue weighted by molar-refractivity contribution is -0.0856. The minimum Gasteiger partial charge on any atom is -0.598 e. The number of alkyl halides is 2. The summed E-state index contributed by atoms with van der Waals surface area (Å²) in [5.41, 5.74) is 1.67. The zero-order valence-corrected chi connectivity index (χ0v) is 20.8. The van der Waals surface area contributed by atoms with E-state index < -0.39 is 22.8 Å². The van der Waals surface area contributed by atoms with Crippen molar-refractivity contribution >= 4 is 28.9 Å². The molecule has 1 N–H and O–H groups in total. The van der Waals surface area contributed by atoms with Crippen LogP contribution >= 0.6 is 11.6 Å². The van der Waals surface area contributed by atoms with Crippen molar-refractivity contribution in [1.82, 2.24) is 14.5 Å². The van der Waals surface area contributed by atoms with Gasteiger partial charge in [0.1, 0.15) is 5.75 Å². The number of rotatable bonds is 7. The normalized spacial score (nSPS) is 22.5. The molecule has 0 bridgehead atoms. The van der Waals surface area contributed by atoms with Gasteiger partial charge in [-0.15, -0.1) is 4.31 Å². The Balaban J connectivity index is 1.72. The Labute approximate surface area is 198 Å².